The zero-order chi connectivity index (χ0) is 22.9. The summed E-state index contributed by atoms with van der Waals surface area (Å²) >= 11 is 0. The molecule has 0 bridgehead atoms. The average Bonchev–Trinajstić information content (AvgIpc) is 3.33. The van der Waals surface area contributed by atoms with Crippen LogP contribution in [0.25, 0.3) is 10.9 Å². The summed E-state index contributed by atoms with van der Waals surface area (Å²) in [5.74, 6) is 1.82. The highest BCUT2D eigenvalue weighted by molar-refractivity contribution is 5.83. The lowest BCUT2D eigenvalue weighted by molar-refractivity contribution is -0.136. The SMILES string of the molecule is COc1ccccc1[C@H]1CCCN1C(=O)[C@H]1CCCN(c2nc(C)c3ccc(C)cc3n2)C1. The van der Waals surface area contributed by atoms with Crippen LogP contribution < -0.4 is 9.64 Å². The monoisotopic (exact) mass is 444 g/mol. The quantitative estimate of drug-likeness (QED) is 0.577. The van der Waals surface area contributed by atoms with E-state index in [1.165, 1.54) is 5.56 Å². The highest BCUT2D eigenvalue weighted by Crippen LogP contribution is 2.38. The highest BCUT2D eigenvalue weighted by Gasteiger charge is 2.37. The number of aromatic nitrogens is 2. The predicted octanol–water partition coefficient (Wildman–Crippen LogP) is 4.84. The number of para-hydroxylation sites is 1. The Bertz CT molecular complexity index is 1180. The topological polar surface area (TPSA) is 58.6 Å². The van der Waals surface area contributed by atoms with E-state index in [1.807, 2.05) is 25.1 Å². The third kappa shape index (κ3) is 4.14. The molecular weight excluding hydrogens is 412 g/mol. The lowest BCUT2D eigenvalue weighted by Gasteiger charge is -2.36. The van der Waals surface area contributed by atoms with Crippen LogP contribution in [0, 0.1) is 19.8 Å². The van der Waals surface area contributed by atoms with Gasteiger partial charge in [-0.15, -0.1) is 0 Å². The van der Waals surface area contributed by atoms with E-state index in [4.69, 9.17) is 14.7 Å². The summed E-state index contributed by atoms with van der Waals surface area (Å²) in [6, 6.07) is 14.5. The summed E-state index contributed by atoms with van der Waals surface area (Å²) in [7, 11) is 1.70. The number of piperidine rings is 1. The second kappa shape index (κ2) is 9.00. The van der Waals surface area contributed by atoms with Crippen molar-refractivity contribution in [1.82, 2.24) is 14.9 Å². The molecule has 3 aromatic rings. The van der Waals surface area contributed by atoms with Crippen LogP contribution in [0.5, 0.6) is 5.75 Å². The Hall–Kier alpha value is -3.15. The van der Waals surface area contributed by atoms with E-state index in [-0.39, 0.29) is 17.9 Å². The molecule has 5 rings (SSSR count). The van der Waals surface area contributed by atoms with Crippen molar-refractivity contribution in [2.24, 2.45) is 5.92 Å². The second-order valence-corrected chi connectivity index (χ2v) is 9.35. The van der Waals surface area contributed by atoms with Crippen molar-refractivity contribution in [3.63, 3.8) is 0 Å². The first-order chi connectivity index (χ1) is 16.0. The van der Waals surface area contributed by atoms with Crippen LogP contribution >= 0.6 is 0 Å². The fourth-order valence-electron chi connectivity index (χ4n) is 5.41. The van der Waals surface area contributed by atoms with Crippen LogP contribution in [0.1, 0.15) is 48.5 Å². The number of benzene rings is 2. The predicted molar refractivity (Wildman–Crippen MR) is 131 cm³/mol. The number of hydrogen-bond donors (Lipinski definition) is 0. The standard InChI is InChI=1S/C27H32N4O2/c1-18-12-13-21-19(2)28-27(29-23(21)16-18)30-14-6-8-20(17-30)26(32)31-15-7-10-24(31)22-9-4-5-11-25(22)33-3/h4-5,9,11-13,16,20,24H,6-8,10,14-15,17H2,1-3H3/t20-,24+/m0/s1. The summed E-state index contributed by atoms with van der Waals surface area (Å²) in [5, 5.41) is 1.09. The van der Waals surface area contributed by atoms with Gasteiger partial charge >= 0.3 is 0 Å². The summed E-state index contributed by atoms with van der Waals surface area (Å²) in [5.41, 5.74) is 4.26. The minimum Gasteiger partial charge on any atom is -0.496 e. The van der Waals surface area contributed by atoms with Gasteiger partial charge in [-0.05, 0) is 57.2 Å². The summed E-state index contributed by atoms with van der Waals surface area (Å²) in [6.45, 7) is 6.49. The number of anilines is 1. The molecular formula is C27H32N4O2. The molecule has 1 amide bonds. The Labute approximate surface area is 195 Å². The van der Waals surface area contributed by atoms with E-state index in [1.54, 1.807) is 7.11 Å². The van der Waals surface area contributed by atoms with Crippen molar-refractivity contribution in [1.29, 1.82) is 0 Å². The van der Waals surface area contributed by atoms with Crippen LogP contribution in [0.15, 0.2) is 42.5 Å². The molecule has 0 aliphatic carbocycles. The molecule has 2 saturated heterocycles. The molecule has 0 radical (unpaired) electrons. The first kappa shape index (κ1) is 21.7. The van der Waals surface area contributed by atoms with Gasteiger partial charge in [0.1, 0.15) is 5.75 Å². The Morgan fingerprint density at radius 2 is 1.85 bits per heavy atom. The van der Waals surface area contributed by atoms with Gasteiger partial charge in [0.25, 0.3) is 0 Å². The van der Waals surface area contributed by atoms with E-state index in [0.717, 1.165) is 72.6 Å². The number of amides is 1. The number of ether oxygens (including phenoxy) is 1. The van der Waals surface area contributed by atoms with Crippen LogP contribution in [-0.4, -0.2) is 47.5 Å². The number of nitrogens with zero attached hydrogens (tertiary/aromatic N) is 4. The zero-order valence-corrected chi connectivity index (χ0v) is 19.8. The lowest BCUT2D eigenvalue weighted by atomic mass is 9.95. The third-order valence-corrected chi connectivity index (χ3v) is 7.12. The van der Waals surface area contributed by atoms with Crippen molar-refractivity contribution in [2.45, 2.75) is 45.6 Å². The molecule has 0 spiro atoms. The van der Waals surface area contributed by atoms with Gasteiger partial charge in [-0.3, -0.25) is 4.79 Å². The maximum atomic E-state index is 13.7. The maximum Gasteiger partial charge on any atom is 0.227 e. The smallest absolute Gasteiger partial charge is 0.227 e. The van der Waals surface area contributed by atoms with Crippen LogP contribution in [0.4, 0.5) is 5.95 Å². The summed E-state index contributed by atoms with van der Waals surface area (Å²) in [6.07, 6.45) is 3.89. The molecule has 33 heavy (non-hydrogen) atoms. The van der Waals surface area contributed by atoms with Gasteiger partial charge in [-0.2, -0.15) is 0 Å². The molecule has 2 aromatic carbocycles. The number of rotatable bonds is 4. The fourth-order valence-corrected chi connectivity index (χ4v) is 5.41. The Balaban J connectivity index is 1.37. The molecule has 0 saturated carbocycles. The first-order valence-electron chi connectivity index (χ1n) is 12.0. The molecule has 6 heteroatoms. The second-order valence-electron chi connectivity index (χ2n) is 9.35. The van der Waals surface area contributed by atoms with Gasteiger partial charge in [0.15, 0.2) is 0 Å². The molecule has 2 aliphatic rings. The number of hydrogen-bond acceptors (Lipinski definition) is 5. The normalized spacial score (nSPS) is 20.9. The number of carbonyl (C=O) groups excluding carboxylic acids is 1. The summed E-state index contributed by atoms with van der Waals surface area (Å²) in [4.78, 5) is 27.7. The molecule has 2 fully saturated rings. The molecule has 0 N–H and O–H groups in total. The average molecular weight is 445 g/mol. The van der Waals surface area contributed by atoms with E-state index >= 15 is 0 Å². The molecule has 172 valence electrons. The zero-order valence-electron chi connectivity index (χ0n) is 19.8. The van der Waals surface area contributed by atoms with Crippen molar-refractivity contribution in [3.8, 4) is 5.75 Å². The van der Waals surface area contributed by atoms with E-state index in [0.29, 0.717) is 6.54 Å². The van der Waals surface area contributed by atoms with Crippen LogP contribution in [-0.2, 0) is 4.79 Å². The van der Waals surface area contributed by atoms with Crippen molar-refractivity contribution >= 4 is 22.8 Å². The van der Waals surface area contributed by atoms with E-state index in [2.05, 4.69) is 41.0 Å². The lowest BCUT2D eigenvalue weighted by Crippen LogP contribution is -2.45. The molecule has 3 heterocycles. The van der Waals surface area contributed by atoms with E-state index < -0.39 is 0 Å². The van der Waals surface area contributed by atoms with Crippen molar-refractivity contribution in [2.75, 3.05) is 31.6 Å². The summed E-state index contributed by atoms with van der Waals surface area (Å²) < 4.78 is 5.60. The minimum absolute atomic E-state index is 0.0360. The van der Waals surface area contributed by atoms with Crippen LogP contribution in [0.3, 0.4) is 0 Å². The van der Waals surface area contributed by atoms with Gasteiger partial charge in [0.2, 0.25) is 11.9 Å². The number of carbonyl (C=O) groups is 1. The number of fused-ring (bicyclic) bond motifs is 1. The molecule has 1 aromatic heterocycles. The van der Waals surface area contributed by atoms with Gasteiger partial charge in [-0.1, -0.05) is 30.3 Å². The molecule has 0 unspecified atom stereocenters. The molecule has 6 nitrogen and oxygen atoms in total. The van der Waals surface area contributed by atoms with Gasteiger partial charge < -0.3 is 14.5 Å². The Kier molecular flexibility index (Phi) is 5.92. The van der Waals surface area contributed by atoms with Crippen molar-refractivity contribution < 1.29 is 9.53 Å². The maximum absolute atomic E-state index is 13.7. The minimum atomic E-state index is -0.0360. The van der Waals surface area contributed by atoms with Gasteiger partial charge in [-0.25, -0.2) is 9.97 Å². The van der Waals surface area contributed by atoms with E-state index in [9.17, 15) is 4.79 Å². The first-order valence-corrected chi connectivity index (χ1v) is 12.0. The van der Waals surface area contributed by atoms with Gasteiger partial charge in [0, 0.05) is 30.6 Å². The van der Waals surface area contributed by atoms with Crippen molar-refractivity contribution in [3.05, 3.63) is 59.3 Å². The Morgan fingerprint density at radius 1 is 1.03 bits per heavy atom. The van der Waals surface area contributed by atoms with Gasteiger partial charge in [0.05, 0.1) is 30.3 Å². The molecule has 2 atom stereocenters. The fraction of sp³-hybridized carbons (Fsp3) is 0.444. The Morgan fingerprint density at radius 3 is 2.70 bits per heavy atom. The van der Waals surface area contributed by atoms with Crippen LogP contribution in [0.2, 0.25) is 0 Å². The largest absolute Gasteiger partial charge is 0.496 e. The number of aryl methyl sites for hydroxylation is 2. The number of methoxy groups -OCH3 is 1. The highest BCUT2D eigenvalue weighted by atomic mass is 16.5. The number of likely N-dealkylation sites (tertiary alicyclic amines) is 1. The molecule has 2 aliphatic heterocycles. The third-order valence-electron chi connectivity index (χ3n) is 7.12.